The smallest absolute Gasteiger partial charge is 0.265 e. The molecule has 0 saturated carbocycles. The second-order valence-corrected chi connectivity index (χ2v) is 9.90. The molecule has 172 valence electrons. The number of anilines is 2. The topological polar surface area (TPSA) is 84.9 Å². The van der Waals surface area contributed by atoms with E-state index in [0.29, 0.717) is 29.5 Å². The van der Waals surface area contributed by atoms with E-state index in [-0.39, 0.29) is 18.9 Å². The summed E-state index contributed by atoms with van der Waals surface area (Å²) in [5, 5.41) is 2.85. The summed E-state index contributed by atoms with van der Waals surface area (Å²) < 4.78 is 37.6. The van der Waals surface area contributed by atoms with Crippen molar-refractivity contribution in [2.75, 3.05) is 22.4 Å². The van der Waals surface area contributed by atoms with Crippen LogP contribution in [0.3, 0.4) is 0 Å². The van der Waals surface area contributed by atoms with Gasteiger partial charge in [-0.25, -0.2) is 8.42 Å². The zero-order valence-corrected chi connectivity index (χ0v) is 19.3. The number of nitrogens with zero attached hydrogens (tertiary/aromatic N) is 1. The Hall–Kier alpha value is -3.52. The standard InChI is InChI=1S/C25H26N2O5S/c1-18-8-13-23-22(16-18)27(33(2,29)30)15-14-24(32-23)25(28)26-20-9-11-21(12-10-20)31-17-19-6-4-3-5-7-19/h3-13,16,24H,14-15,17H2,1-2H3,(H,26,28)/t24-/m1/s1. The van der Waals surface area contributed by atoms with Crippen LogP contribution in [-0.4, -0.2) is 33.2 Å². The lowest BCUT2D eigenvalue weighted by molar-refractivity contribution is -0.122. The largest absolute Gasteiger partial charge is 0.489 e. The minimum atomic E-state index is -3.51. The van der Waals surface area contributed by atoms with Crippen LogP contribution in [0, 0.1) is 6.92 Å². The molecular weight excluding hydrogens is 440 g/mol. The Morgan fingerprint density at radius 3 is 2.52 bits per heavy atom. The van der Waals surface area contributed by atoms with Crippen LogP contribution in [-0.2, 0) is 21.4 Å². The Bertz CT molecular complexity index is 1230. The first-order valence-corrected chi connectivity index (χ1v) is 12.5. The Morgan fingerprint density at radius 1 is 1.09 bits per heavy atom. The highest BCUT2D eigenvalue weighted by Gasteiger charge is 2.31. The maximum Gasteiger partial charge on any atom is 0.265 e. The van der Waals surface area contributed by atoms with E-state index in [9.17, 15) is 13.2 Å². The van der Waals surface area contributed by atoms with E-state index in [1.54, 1.807) is 36.4 Å². The van der Waals surface area contributed by atoms with Crippen molar-refractivity contribution < 1.29 is 22.7 Å². The van der Waals surface area contributed by atoms with Crippen molar-refractivity contribution in [1.29, 1.82) is 0 Å². The molecule has 0 spiro atoms. The van der Waals surface area contributed by atoms with E-state index in [1.807, 2.05) is 43.3 Å². The fourth-order valence-corrected chi connectivity index (χ4v) is 4.55. The quantitative estimate of drug-likeness (QED) is 0.591. The Morgan fingerprint density at radius 2 is 1.82 bits per heavy atom. The van der Waals surface area contributed by atoms with Crippen molar-refractivity contribution in [3.8, 4) is 11.5 Å². The van der Waals surface area contributed by atoms with Crippen molar-refractivity contribution in [2.24, 2.45) is 0 Å². The van der Waals surface area contributed by atoms with Gasteiger partial charge in [-0.3, -0.25) is 9.10 Å². The van der Waals surface area contributed by atoms with Gasteiger partial charge in [-0.15, -0.1) is 0 Å². The number of sulfonamides is 1. The highest BCUT2D eigenvalue weighted by Crippen LogP contribution is 2.35. The normalized spacial score (nSPS) is 15.7. The molecule has 0 saturated heterocycles. The van der Waals surface area contributed by atoms with Crippen molar-refractivity contribution in [3.05, 3.63) is 83.9 Å². The number of benzene rings is 3. The lowest BCUT2D eigenvalue weighted by Crippen LogP contribution is -2.35. The number of hydrogen-bond donors (Lipinski definition) is 1. The van der Waals surface area contributed by atoms with Crippen LogP contribution in [0.25, 0.3) is 0 Å². The summed E-state index contributed by atoms with van der Waals surface area (Å²) in [6.45, 7) is 2.49. The molecule has 1 aliphatic heterocycles. The highest BCUT2D eigenvalue weighted by atomic mass is 32.2. The van der Waals surface area contributed by atoms with E-state index < -0.39 is 16.1 Å². The maximum absolute atomic E-state index is 12.9. The van der Waals surface area contributed by atoms with Gasteiger partial charge in [0.1, 0.15) is 18.1 Å². The molecule has 0 fully saturated rings. The Labute approximate surface area is 194 Å². The molecule has 4 rings (SSSR count). The number of amides is 1. The van der Waals surface area contributed by atoms with Crippen molar-refractivity contribution in [3.63, 3.8) is 0 Å². The summed E-state index contributed by atoms with van der Waals surface area (Å²) in [5.74, 6) is 0.721. The average molecular weight is 467 g/mol. The number of hydrogen-bond acceptors (Lipinski definition) is 5. The van der Waals surface area contributed by atoms with Crippen molar-refractivity contribution in [2.45, 2.75) is 26.1 Å². The maximum atomic E-state index is 12.9. The summed E-state index contributed by atoms with van der Waals surface area (Å²) in [6, 6.07) is 22.2. The van der Waals surface area contributed by atoms with Gasteiger partial charge in [0, 0.05) is 18.7 Å². The summed E-state index contributed by atoms with van der Waals surface area (Å²) in [4.78, 5) is 12.9. The van der Waals surface area contributed by atoms with Crippen LogP contribution in [0.15, 0.2) is 72.8 Å². The van der Waals surface area contributed by atoms with Crippen LogP contribution in [0.2, 0.25) is 0 Å². The Kier molecular flexibility index (Phi) is 6.55. The lowest BCUT2D eigenvalue weighted by atomic mass is 10.2. The van der Waals surface area contributed by atoms with Gasteiger partial charge < -0.3 is 14.8 Å². The molecule has 1 N–H and O–H groups in total. The van der Waals surface area contributed by atoms with Crippen molar-refractivity contribution in [1.82, 2.24) is 0 Å². The van der Waals surface area contributed by atoms with Crippen LogP contribution < -0.4 is 19.1 Å². The molecule has 3 aromatic rings. The molecule has 0 aromatic heterocycles. The predicted molar refractivity (Wildman–Crippen MR) is 128 cm³/mol. The predicted octanol–water partition coefficient (Wildman–Crippen LogP) is 4.13. The van der Waals surface area contributed by atoms with Gasteiger partial charge in [0.2, 0.25) is 10.0 Å². The van der Waals surface area contributed by atoms with E-state index >= 15 is 0 Å². The number of rotatable bonds is 6. The first kappa shape index (κ1) is 22.7. The first-order chi connectivity index (χ1) is 15.8. The second kappa shape index (κ2) is 9.54. The zero-order valence-electron chi connectivity index (χ0n) is 18.5. The SMILES string of the molecule is Cc1ccc2c(c1)N(S(C)(=O)=O)CC[C@H](C(=O)Nc1ccc(OCc3ccccc3)cc1)O2. The minimum Gasteiger partial charge on any atom is -0.489 e. The van der Waals surface area contributed by atoms with E-state index in [4.69, 9.17) is 9.47 Å². The van der Waals surface area contributed by atoms with E-state index in [1.165, 1.54) is 4.31 Å². The highest BCUT2D eigenvalue weighted by molar-refractivity contribution is 7.92. The van der Waals surface area contributed by atoms with Gasteiger partial charge in [0.25, 0.3) is 5.91 Å². The molecule has 1 atom stereocenters. The first-order valence-electron chi connectivity index (χ1n) is 10.6. The number of carbonyl (C=O) groups excluding carboxylic acids is 1. The summed E-state index contributed by atoms with van der Waals surface area (Å²) >= 11 is 0. The molecule has 0 aliphatic carbocycles. The number of fused-ring (bicyclic) bond motifs is 1. The summed E-state index contributed by atoms with van der Waals surface area (Å²) in [6.07, 6.45) is 0.554. The van der Waals surface area contributed by atoms with Crippen LogP contribution in [0.4, 0.5) is 11.4 Å². The third-order valence-corrected chi connectivity index (χ3v) is 6.49. The third kappa shape index (κ3) is 5.64. The summed E-state index contributed by atoms with van der Waals surface area (Å²) in [7, 11) is -3.51. The fraction of sp³-hybridized carbons (Fsp3) is 0.240. The molecule has 1 amide bonds. The number of carbonyl (C=O) groups is 1. The third-order valence-electron chi connectivity index (χ3n) is 5.31. The van der Waals surface area contributed by atoms with Gasteiger partial charge in [0.05, 0.1) is 11.9 Å². The molecule has 33 heavy (non-hydrogen) atoms. The molecule has 1 aliphatic rings. The molecule has 8 heteroatoms. The number of aryl methyl sites for hydroxylation is 1. The van der Waals surface area contributed by atoms with Crippen molar-refractivity contribution >= 4 is 27.3 Å². The minimum absolute atomic E-state index is 0.152. The van der Waals surface area contributed by atoms with E-state index in [2.05, 4.69) is 5.32 Å². The van der Waals surface area contributed by atoms with Gasteiger partial charge in [-0.05, 0) is 54.4 Å². The van der Waals surface area contributed by atoms with Crippen LogP contribution >= 0.6 is 0 Å². The molecule has 0 unspecified atom stereocenters. The second-order valence-electron chi connectivity index (χ2n) is 7.99. The Balaban J connectivity index is 1.42. The molecular formula is C25H26N2O5S. The lowest BCUT2D eigenvalue weighted by Gasteiger charge is -2.21. The monoisotopic (exact) mass is 466 g/mol. The zero-order chi connectivity index (χ0) is 23.4. The van der Waals surface area contributed by atoms with Crippen LogP contribution in [0.5, 0.6) is 11.5 Å². The van der Waals surface area contributed by atoms with Gasteiger partial charge >= 0.3 is 0 Å². The molecule has 1 heterocycles. The molecule has 7 nitrogen and oxygen atoms in total. The summed E-state index contributed by atoms with van der Waals surface area (Å²) in [5.41, 5.74) is 3.03. The molecule has 0 radical (unpaired) electrons. The van der Waals surface area contributed by atoms with Gasteiger partial charge in [-0.2, -0.15) is 0 Å². The van der Waals surface area contributed by atoms with E-state index in [0.717, 1.165) is 17.4 Å². The number of nitrogens with one attached hydrogen (secondary N) is 1. The average Bonchev–Trinajstić information content (AvgIpc) is 2.99. The van der Waals surface area contributed by atoms with Gasteiger partial charge in [0.15, 0.2) is 6.10 Å². The number of ether oxygens (including phenoxy) is 2. The molecule has 3 aromatic carbocycles. The fourth-order valence-electron chi connectivity index (χ4n) is 3.62. The molecule has 0 bridgehead atoms. The van der Waals surface area contributed by atoms with Gasteiger partial charge in [-0.1, -0.05) is 36.4 Å². The van der Waals surface area contributed by atoms with Crippen LogP contribution in [0.1, 0.15) is 17.5 Å².